The average molecular weight is 1350 g/mol. The Kier molecular flexibility index (Phi) is 39.0. The minimum Gasteiger partial charge on any atom is -0.379 e. The van der Waals surface area contributed by atoms with Crippen LogP contribution in [0.5, 0.6) is 0 Å². The molecule has 0 unspecified atom stereocenters. The molecule has 4 rings (SSSR count). The van der Waals surface area contributed by atoms with Crippen LogP contribution in [-0.2, 0) is 104 Å². The van der Waals surface area contributed by atoms with E-state index in [9.17, 15) is 67.1 Å². The minimum absolute atomic E-state index is 0.0154. The Labute approximate surface area is 558 Å². The van der Waals surface area contributed by atoms with Gasteiger partial charge in [-0.2, -0.15) is 0 Å². The third-order valence-electron chi connectivity index (χ3n) is 14.8. The van der Waals surface area contributed by atoms with Crippen LogP contribution in [0.25, 0.3) is 0 Å². The molecular formula is C65H94N12O19. The van der Waals surface area contributed by atoms with E-state index in [-0.39, 0.29) is 127 Å². The number of benzene rings is 2. The molecule has 31 nitrogen and oxygen atoms in total. The predicted octanol–water partition coefficient (Wildman–Crippen LogP) is -2.53. The number of Topliss-reactive ketones (excluding diaryl/α,β-unsaturated/α-hetero) is 2. The Balaban J connectivity index is 1.11. The lowest BCUT2D eigenvalue weighted by molar-refractivity contribution is -0.137. The summed E-state index contributed by atoms with van der Waals surface area (Å²) in [6.45, 7) is 2.89. The molecule has 96 heavy (non-hydrogen) atoms. The maximum atomic E-state index is 13.1. The zero-order chi connectivity index (χ0) is 69.7. The van der Waals surface area contributed by atoms with Gasteiger partial charge in [-0.3, -0.25) is 76.9 Å². The molecule has 10 N–H and O–H groups in total. The number of ether oxygens (including phenoxy) is 5. The van der Waals surface area contributed by atoms with Crippen molar-refractivity contribution in [3.05, 3.63) is 83.9 Å². The van der Waals surface area contributed by atoms with Gasteiger partial charge in [0.05, 0.1) is 92.1 Å². The number of hydrogen-bond donors (Lipinski definition) is 10. The molecule has 2 aromatic rings. The Hall–Kier alpha value is -8.88. The first-order valence-corrected chi connectivity index (χ1v) is 32.2. The third kappa shape index (κ3) is 36.1. The average Bonchev–Trinajstić information content (AvgIpc) is 1.86. The molecule has 0 spiro atoms. The van der Waals surface area contributed by atoms with Gasteiger partial charge < -0.3 is 76.9 Å². The van der Waals surface area contributed by atoms with Crippen molar-refractivity contribution >= 4 is 82.5 Å². The van der Waals surface area contributed by atoms with Crippen LogP contribution in [0.15, 0.2) is 72.8 Å². The van der Waals surface area contributed by atoms with Crippen LogP contribution < -0.4 is 53.2 Å². The summed E-state index contributed by atoms with van der Waals surface area (Å²) < 4.78 is 28.0. The summed E-state index contributed by atoms with van der Waals surface area (Å²) in [4.78, 5) is 176. The monoisotopic (exact) mass is 1350 g/mol. The minimum atomic E-state index is -1.11. The highest BCUT2D eigenvalue weighted by Crippen LogP contribution is 2.24. The molecule has 0 bridgehead atoms. The van der Waals surface area contributed by atoms with Gasteiger partial charge in [-0.25, -0.2) is 0 Å². The number of carbonyl (C=O) groups excluding carboxylic acids is 14. The van der Waals surface area contributed by atoms with E-state index in [1.54, 1.807) is 54.6 Å². The van der Waals surface area contributed by atoms with Crippen molar-refractivity contribution in [2.75, 3.05) is 125 Å². The van der Waals surface area contributed by atoms with E-state index < -0.39 is 98.0 Å². The van der Waals surface area contributed by atoms with E-state index >= 15 is 0 Å². The van der Waals surface area contributed by atoms with Crippen LogP contribution in [0.3, 0.4) is 0 Å². The lowest BCUT2D eigenvalue weighted by atomic mass is 9.90. The summed E-state index contributed by atoms with van der Waals surface area (Å²) in [5.41, 5.74) is 1.49. The normalized spacial score (nSPS) is 14.8. The fourth-order valence-corrected chi connectivity index (χ4v) is 9.72. The first kappa shape index (κ1) is 79.6. The second-order valence-electron chi connectivity index (χ2n) is 22.7. The summed E-state index contributed by atoms with van der Waals surface area (Å²) in [6.07, 6.45) is 8.06. The van der Waals surface area contributed by atoms with E-state index in [4.69, 9.17) is 23.7 Å². The molecule has 1 aliphatic heterocycles. The molecule has 2 aliphatic rings. The smallest absolute Gasteiger partial charge is 0.253 e. The summed E-state index contributed by atoms with van der Waals surface area (Å²) in [5, 5.41) is 25.4. The molecule has 2 aromatic carbocycles. The fraction of sp³-hybridized carbons (Fsp3) is 0.569. The van der Waals surface area contributed by atoms with Gasteiger partial charge >= 0.3 is 0 Å². The van der Waals surface area contributed by atoms with Gasteiger partial charge in [0.25, 0.3) is 11.8 Å². The van der Waals surface area contributed by atoms with Crippen molar-refractivity contribution in [3.8, 4) is 0 Å². The molecule has 0 aromatic heterocycles. The number of hydrogen-bond acceptors (Lipinski definition) is 20. The second kappa shape index (κ2) is 47.1. The van der Waals surface area contributed by atoms with Gasteiger partial charge in [0, 0.05) is 76.0 Å². The summed E-state index contributed by atoms with van der Waals surface area (Å²) in [7, 11) is 0. The number of unbranched alkanes of at least 4 members (excludes halogenated alkanes) is 2. The van der Waals surface area contributed by atoms with Crippen molar-refractivity contribution < 1.29 is 90.8 Å². The topological polar surface area (TPSA) is 412 Å². The number of ketones is 2. The molecular weight excluding hydrogens is 1250 g/mol. The molecule has 1 fully saturated rings. The highest BCUT2D eigenvalue weighted by Gasteiger charge is 2.28. The van der Waals surface area contributed by atoms with Crippen LogP contribution in [-0.4, -0.2) is 242 Å². The number of rotatable bonds is 50. The molecule has 2 atom stereocenters. The maximum Gasteiger partial charge on any atom is 0.253 e. The molecule has 1 aliphatic carbocycles. The first-order chi connectivity index (χ1) is 46.2. The highest BCUT2D eigenvalue weighted by atomic mass is 16.5. The number of nitrogens with zero attached hydrogens (tertiary/aromatic N) is 2. The van der Waals surface area contributed by atoms with Gasteiger partial charge in [0.1, 0.15) is 31.2 Å². The lowest BCUT2D eigenvalue weighted by Gasteiger charge is -2.37. The van der Waals surface area contributed by atoms with E-state index in [2.05, 4.69) is 58.1 Å². The summed E-state index contributed by atoms with van der Waals surface area (Å²) in [5.74, 6) is -6.53. The van der Waals surface area contributed by atoms with Gasteiger partial charge in [-0.05, 0) is 63.5 Å². The first-order valence-electron chi connectivity index (χ1n) is 32.2. The number of nitrogens with one attached hydrogen (secondary N) is 10. The summed E-state index contributed by atoms with van der Waals surface area (Å²) >= 11 is 0. The molecule has 528 valence electrons. The van der Waals surface area contributed by atoms with Crippen LogP contribution >= 0.6 is 0 Å². The zero-order valence-electron chi connectivity index (χ0n) is 54.8. The molecule has 1 heterocycles. The maximum absolute atomic E-state index is 13.1. The third-order valence-corrected chi connectivity index (χ3v) is 14.8. The molecule has 12 amide bonds. The Morgan fingerprint density at radius 1 is 0.448 bits per heavy atom. The van der Waals surface area contributed by atoms with Crippen molar-refractivity contribution in [3.63, 3.8) is 0 Å². The number of carbonyl (C=O) groups is 14. The van der Waals surface area contributed by atoms with Crippen LogP contribution in [0, 0.1) is 0 Å². The van der Waals surface area contributed by atoms with E-state index in [0.29, 0.717) is 58.5 Å². The van der Waals surface area contributed by atoms with Crippen molar-refractivity contribution in [2.45, 2.75) is 115 Å². The van der Waals surface area contributed by atoms with Crippen molar-refractivity contribution in [1.82, 2.24) is 63.0 Å². The molecule has 0 saturated heterocycles. The highest BCUT2D eigenvalue weighted by molar-refractivity contribution is 6.12. The number of imide groups is 1. The quantitative estimate of drug-likeness (QED) is 0.0185. The summed E-state index contributed by atoms with van der Waals surface area (Å²) in [6, 6.07) is 15.9. The SMILES string of the molecule is CC(=O)CNC(=O)[C@H](Cc1ccccc1)NC(=O)CNC(=O)CNC(=O)CCOCCOCCN(CCOCCOCCC(=O)NCC(=O)NCC(=O)N[C@@H](Cc1ccccc1)C(=O)NCC(=O)NCOCC(C)=O)C1CCC(NC(=O)CCCCCN2C(=O)C=CC2=O)CC1. The predicted molar refractivity (Wildman–Crippen MR) is 345 cm³/mol. The van der Waals surface area contributed by atoms with E-state index in [1.807, 2.05) is 6.07 Å². The second-order valence-corrected chi connectivity index (χ2v) is 22.7. The van der Waals surface area contributed by atoms with Crippen molar-refractivity contribution in [2.24, 2.45) is 0 Å². The largest absolute Gasteiger partial charge is 0.379 e. The van der Waals surface area contributed by atoms with Crippen LogP contribution in [0.2, 0.25) is 0 Å². The fourth-order valence-electron chi connectivity index (χ4n) is 9.72. The van der Waals surface area contributed by atoms with Crippen LogP contribution in [0.4, 0.5) is 0 Å². The lowest BCUT2D eigenvalue weighted by Crippen LogP contribution is -2.52. The van der Waals surface area contributed by atoms with E-state index in [0.717, 1.165) is 36.8 Å². The Morgan fingerprint density at radius 3 is 1.36 bits per heavy atom. The van der Waals surface area contributed by atoms with Gasteiger partial charge in [0.15, 0.2) is 5.78 Å². The standard InChI is InChI=1S/C65H94N12O19/c1-46(78)38-70-64(90)52(36-48-12-6-3-7-13-48)74-60(86)42-68-57(83)39-66-54(80)23-28-92-32-34-94-30-26-76(51-19-17-50(18-20-51)73-56(82)16-10-5-11-25-77-62(88)21-22-63(77)89)27-31-95-35-33-93-29-24-55(81)67-40-58(84)69-43-61(87)75-53(37-49-14-8-4-9-15-49)65(91)71-41-59(85)72-45-96-44-47(2)79/h3-4,6-9,12-15,21-22,50-53H,5,10-11,16-20,23-45H2,1-2H3,(H,66,80)(H,67,81)(H,68,83)(H,69,84)(H,70,90)(H,71,91)(H,72,85)(H,73,82)(H,74,86)(H,75,87)/t50?,51?,52-,53-/m0/s1. The molecule has 0 radical (unpaired) electrons. The van der Waals surface area contributed by atoms with Crippen molar-refractivity contribution in [1.29, 1.82) is 0 Å². The van der Waals surface area contributed by atoms with Gasteiger partial charge in [-0.1, -0.05) is 67.1 Å². The zero-order valence-corrected chi connectivity index (χ0v) is 54.8. The Morgan fingerprint density at radius 2 is 0.885 bits per heavy atom. The molecule has 1 saturated carbocycles. The van der Waals surface area contributed by atoms with Gasteiger partial charge in [0.2, 0.25) is 59.1 Å². The molecule has 31 heteroatoms. The van der Waals surface area contributed by atoms with Crippen LogP contribution in [0.1, 0.15) is 89.2 Å². The Bertz CT molecular complexity index is 2860. The number of amides is 12. The van der Waals surface area contributed by atoms with E-state index in [1.165, 1.54) is 30.9 Å². The van der Waals surface area contributed by atoms with Gasteiger partial charge in [-0.15, -0.1) is 0 Å².